The summed E-state index contributed by atoms with van der Waals surface area (Å²) in [5, 5.41) is 0. The smallest absolute Gasteiger partial charge is 0.0234 e. The van der Waals surface area contributed by atoms with Gasteiger partial charge in [0.25, 0.3) is 0 Å². The minimum absolute atomic E-state index is 0.740. The number of nitrogens with zero attached hydrogens (tertiary/aromatic N) is 1. The predicted molar refractivity (Wildman–Crippen MR) is 77.0 cm³/mol. The standard InChI is InChI=1S/C11H16N2.2C2H6/c12-6-11-8-13(9-11)7-10-4-2-1-3-5-10;2*1-2/h1-5,11H,6-9,12H2;2*1-2H3. The lowest BCUT2D eigenvalue weighted by molar-refractivity contribution is 0.0979. The van der Waals surface area contributed by atoms with Gasteiger partial charge in [0.2, 0.25) is 0 Å². The summed E-state index contributed by atoms with van der Waals surface area (Å²) in [6, 6.07) is 10.6. The Hall–Kier alpha value is -0.860. The maximum absolute atomic E-state index is 5.56. The number of hydrogen-bond acceptors (Lipinski definition) is 2. The van der Waals surface area contributed by atoms with E-state index in [4.69, 9.17) is 5.73 Å². The van der Waals surface area contributed by atoms with Crippen LogP contribution in [-0.4, -0.2) is 24.5 Å². The van der Waals surface area contributed by atoms with Crippen LogP contribution in [0.25, 0.3) is 0 Å². The third-order valence-corrected chi connectivity index (χ3v) is 2.62. The molecule has 1 aliphatic heterocycles. The molecule has 0 bridgehead atoms. The first-order valence-corrected chi connectivity index (χ1v) is 6.85. The zero-order chi connectivity index (χ0) is 13.1. The van der Waals surface area contributed by atoms with Gasteiger partial charge in [0.1, 0.15) is 0 Å². The molecule has 0 atom stereocenters. The highest BCUT2D eigenvalue weighted by Gasteiger charge is 2.24. The molecule has 0 saturated carbocycles. The molecule has 1 saturated heterocycles. The van der Waals surface area contributed by atoms with E-state index in [1.54, 1.807) is 0 Å². The molecule has 1 heterocycles. The van der Waals surface area contributed by atoms with E-state index in [1.807, 2.05) is 27.7 Å². The summed E-state index contributed by atoms with van der Waals surface area (Å²) in [5.41, 5.74) is 6.96. The van der Waals surface area contributed by atoms with E-state index in [0.717, 1.165) is 19.0 Å². The van der Waals surface area contributed by atoms with Crippen LogP contribution in [-0.2, 0) is 6.54 Å². The normalized spacial score (nSPS) is 14.9. The lowest BCUT2D eigenvalue weighted by Gasteiger charge is -2.38. The maximum atomic E-state index is 5.56. The summed E-state index contributed by atoms with van der Waals surface area (Å²) in [6.07, 6.45) is 0. The Balaban J connectivity index is 0.000000581. The van der Waals surface area contributed by atoms with Gasteiger partial charge in [0, 0.05) is 19.6 Å². The van der Waals surface area contributed by atoms with Gasteiger partial charge in [-0.1, -0.05) is 58.0 Å². The number of nitrogens with two attached hydrogens (primary N) is 1. The highest BCUT2D eigenvalue weighted by atomic mass is 15.2. The molecule has 0 aliphatic carbocycles. The van der Waals surface area contributed by atoms with Crippen molar-refractivity contribution in [2.75, 3.05) is 19.6 Å². The van der Waals surface area contributed by atoms with Crippen LogP contribution >= 0.6 is 0 Å². The second kappa shape index (κ2) is 10.3. The monoisotopic (exact) mass is 236 g/mol. The lowest BCUT2D eigenvalue weighted by atomic mass is 10.00. The Bertz CT molecular complexity index is 253. The molecule has 1 aliphatic rings. The molecule has 98 valence electrons. The fourth-order valence-corrected chi connectivity index (χ4v) is 1.80. The highest BCUT2D eigenvalue weighted by molar-refractivity contribution is 5.14. The van der Waals surface area contributed by atoms with Gasteiger partial charge in [-0.15, -0.1) is 0 Å². The Morgan fingerprint density at radius 3 is 2.06 bits per heavy atom. The Kier molecular flexibility index (Phi) is 9.78. The van der Waals surface area contributed by atoms with Crippen LogP contribution < -0.4 is 5.73 Å². The van der Waals surface area contributed by atoms with Gasteiger partial charge in [-0.25, -0.2) is 0 Å². The second-order valence-electron chi connectivity index (χ2n) is 3.78. The summed E-state index contributed by atoms with van der Waals surface area (Å²) in [7, 11) is 0. The minimum Gasteiger partial charge on any atom is -0.330 e. The molecule has 0 spiro atoms. The molecule has 2 heteroatoms. The number of likely N-dealkylation sites (tertiary alicyclic amines) is 1. The number of rotatable bonds is 3. The summed E-state index contributed by atoms with van der Waals surface area (Å²) in [6.45, 7) is 12.3. The molecule has 1 fully saturated rings. The largest absolute Gasteiger partial charge is 0.330 e. The van der Waals surface area contributed by atoms with E-state index < -0.39 is 0 Å². The zero-order valence-corrected chi connectivity index (χ0v) is 11.8. The average Bonchev–Trinajstić information content (AvgIpc) is 2.39. The van der Waals surface area contributed by atoms with Crippen LogP contribution in [0, 0.1) is 5.92 Å². The average molecular weight is 236 g/mol. The van der Waals surface area contributed by atoms with Gasteiger partial charge in [-0.2, -0.15) is 0 Å². The zero-order valence-electron chi connectivity index (χ0n) is 11.8. The molecule has 2 rings (SSSR count). The van der Waals surface area contributed by atoms with Crippen LogP contribution in [0.2, 0.25) is 0 Å². The van der Waals surface area contributed by atoms with Gasteiger partial charge in [0.15, 0.2) is 0 Å². The van der Waals surface area contributed by atoms with E-state index in [0.29, 0.717) is 0 Å². The Morgan fingerprint density at radius 1 is 1.06 bits per heavy atom. The Morgan fingerprint density at radius 2 is 1.59 bits per heavy atom. The molecule has 0 amide bonds. The van der Waals surface area contributed by atoms with Crippen molar-refractivity contribution in [3.8, 4) is 0 Å². The van der Waals surface area contributed by atoms with Gasteiger partial charge < -0.3 is 5.73 Å². The summed E-state index contributed by atoms with van der Waals surface area (Å²) >= 11 is 0. The lowest BCUT2D eigenvalue weighted by Crippen LogP contribution is -2.49. The molecule has 17 heavy (non-hydrogen) atoms. The third kappa shape index (κ3) is 5.85. The fraction of sp³-hybridized carbons (Fsp3) is 0.600. The fourth-order valence-electron chi connectivity index (χ4n) is 1.80. The van der Waals surface area contributed by atoms with Crippen molar-refractivity contribution in [3.63, 3.8) is 0 Å². The summed E-state index contributed by atoms with van der Waals surface area (Å²) in [4.78, 5) is 2.44. The molecule has 0 aromatic heterocycles. The van der Waals surface area contributed by atoms with Crippen LogP contribution in [0.1, 0.15) is 33.3 Å². The van der Waals surface area contributed by atoms with Crippen molar-refractivity contribution >= 4 is 0 Å². The van der Waals surface area contributed by atoms with Crippen molar-refractivity contribution in [2.45, 2.75) is 34.2 Å². The van der Waals surface area contributed by atoms with E-state index in [2.05, 4.69) is 35.2 Å². The van der Waals surface area contributed by atoms with E-state index >= 15 is 0 Å². The van der Waals surface area contributed by atoms with Crippen molar-refractivity contribution < 1.29 is 0 Å². The molecular formula is C15H28N2. The van der Waals surface area contributed by atoms with Crippen LogP contribution in [0.3, 0.4) is 0 Å². The van der Waals surface area contributed by atoms with Gasteiger partial charge >= 0.3 is 0 Å². The van der Waals surface area contributed by atoms with Crippen molar-refractivity contribution in [2.24, 2.45) is 11.7 Å². The van der Waals surface area contributed by atoms with Crippen molar-refractivity contribution in [1.82, 2.24) is 4.90 Å². The first kappa shape index (κ1) is 16.1. The van der Waals surface area contributed by atoms with E-state index in [-0.39, 0.29) is 0 Å². The summed E-state index contributed by atoms with van der Waals surface area (Å²) in [5.74, 6) is 0.740. The van der Waals surface area contributed by atoms with Crippen LogP contribution in [0.15, 0.2) is 30.3 Å². The molecule has 0 unspecified atom stereocenters. The molecule has 1 aromatic rings. The molecule has 2 N–H and O–H groups in total. The number of benzene rings is 1. The molecule has 0 radical (unpaired) electrons. The van der Waals surface area contributed by atoms with Gasteiger partial charge in [0.05, 0.1) is 0 Å². The van der Waals surface area contributed by atoms with E-state index in [9.17, 15) is 0 Å². The topological polar surface area (TPSA) is 29.3 Å². The maximum Gasteiger partial charge on any atom is 0.0234 e. The first-order chi connectivity index (χ1) is 8.38. The molecular weight excluding hydrogens is 208 g/mol. The van der Waals surface area contributed by atoms with Gasteiger partial charge in [-0.05, 0) is 18.0 Å². The first-order valence-electron chi connectivity index (χ1n) is 6.85. The quantitative estimate of drug-likeness (QED) is 0.873. The highest BCUT2D eigenvalue weighted by Crippen LogP contribution is 2.16. The summed E-state index contributed by atoms with van der Waals surface area (Å²) < 4.78 is 0. The van der Waals surface area contributed by atoms with E-state index in [1.165, 1.54) is 18.7 Å². The molecule has 2 nitrogen and oxygen atoms in total. The minimum atomic E-state index is 0.740. The van der Waals surface area contributed by atoms with Crippen LogP contribution in [0.5, 0.6) is 0 Å². The Labute approximate surface area is 107 Å². The van der Waals surface area contributed by atoms with Gasteiger partial charge in [-0.3, -0.25) is 4.90 Å². The second-order valence-corrected chi connectivity index (χ2v) is 3.78. The van der Waals surface area contributed by atoms with Crippen molar-refractivity contribution in [1.29, 1.82) is 0 Å². The van der Waals surface area contributed by atoms with Crippen molar-refractivity contribution in [3.05, 3.63) is 35.9 Å². The number of hydrogen-bond donors (Lipinski definition) is 1. The predicted octanol–water partition coefficient (Wildman–Crippen LogP) is 3.13. The SMILES string of the molecule is CC.CC.NCC1CN(Cc2ccccc2)C1. The molecule has 1 aromatic carbocycles. The van der Waals surface area contributed by atoms with Crippen LogP contribution in [0.4, 0.5) is 0 Å². The third-order valence-electron chi connectivity index (χ3n) is 2.62.